The summed E-state index contributed by atoms with van der Waals surface area (Å²) in [5.74, 6) is 2.09. The molecule has 0 aliphatic heterocycles. The smallest absolute Gasteiger partial charge is 0.131 e. The van der Waals surface area contributed by atoms with Crippen LogP contribution in [-0.2, 0) is 12.8 Å². The molecule has 1 rings (SSSR count). The van der Waals surface area contributed by atoms with E-state index in [1.54, 1.807) is 0 Å². The van der Waals surface area contributed by atoms with Gasteiger partial charge in [0.05, 0.1) is 0 Å². The molecule has 0 fully saturated rings. The molecule has 0 aliphatic rings. The Labute approximate surface area is 85.8 Å². The maximum absolute atomic E-state index is 5.86. The molecule has 2 N–H and O–H groups in total. The Bertz CT molecular complexity index is 295. The second kappa shape index (κ2) is 4.40. The number of nitrogens with zero attached hydrogens (tertiary/aromatic N) is 2. The van der Waals surface area contributed by atoms with E-state index in [9.17, 15) is 0 Å². The minimum absolute atomic E-state index is 0.571. The Balaban J connectivity index is 3.01. The van der Waals surface area contributed by atoms with E-state index in [0.717, 1.165) is 29.9 Å². The van der Waals surface area contributed by atoms with E-state index in [0.29, 0.717) is 11.7 Å². The van der Waals surface area contributed by atoms with E-state index in [2.05, 4.69) is 30.7 Å². The van der Waals surface area contributed by atoms with Crippen LogP contribution in [0.4, 0.5) is 5.82 Å². The summed E-state index contributed by atoms with van der Waals surface area (Å²) in [5, 5.41) is 0. The van der Waals surface area contributed by atoms with Crippen molar-refractivity contribution < 1.29 is 0 Å². The first-order valence-corrected chi connectivity index (χ1v) is 5.16. The van der Waals surface area contributed by atoms with Crippen LogP contribution < -0.4 is 5.73 Å². The molecule has 0 aliphatic carbocycles. The molecule has 1 aromatic heterocycles. The number of nitrogens with two attached hydrogens (primary N) is 1. The number of aromatic nitrogens is 2. The monoisotopic (exact) mass is 193 g/mol. The van der Waals surface area contributed by atoms with Crippen LogP contribution >= 0.6 is 0 Å². The van der Waals surface area contributed by atoms with Gasteiger partial charge in [-0.2, -0.15) is 0 Å². The zero-order chi connectivity index (χ0) is 10.7. The van der Waals surface area contributed by atoms with E-state index >= 15 is 0 Å². The van der Waals surface area contributed by atoms with Crippen molar-refractivity contribution in [3.8, 4) is 0 Å². The highest BCUT2D eigenvalue weighted by Gasteiger charge is 2.08. The van der Waals surface area contributed by atoms with Crippen molar-refractivity contribution in [1.82, 2.24) is 9.97 Å². The van der Waals surface area contributed by atoms with Crippen molar-refractivity contribution in [2.24, 2.45) is 5.92 Å². The fourth-order valence-corrected chi connectivity index (χ4v) is 1.57. The summed E-state index contributed by atoms with van der Waals surface area (Å²) in [7, 11) is 0. The summed E-state index contributed by atoms with van der Waals surface area (Å²) in [5.41, 5.74) is 7.96. The molecule has 3 heteroatoms. The first kappa shape index (κ1) is 11.0. The maximum atomic E-state index is 5.86. The largest absolute Gasteiger partial charge is 0.383 e. The quantitative estimate of drug-likeness (QED) is 0.800. The minimum atomic E-state index is 0.571. The van der Waals surface area contributed by atoms with Crippen LogP contribution in [0.25, 0.3) is 0 Å². The Morgan fingerprint density at radius 1 is 1.29 bits per heavy atom. The lowest BCUT2D eigenvalue weighted by molar-refractivity contribution is 0.618. The van der Waals surface area contributed by atoms with Crippen molar-refractivity contribution in [2.45, 2.75) is 40.5 Å². The van der Waals surface area contributed by atoms with Gasteiger partial charge in [0, 0.05) is 17.7 Å². The molecule has 78 valence electrons. The van der Waals surface area contributed by atoms with Gasteiger partial charge in [0.2, 0.25) is 0 Å². The van der Waals surface area contributed by atoms with Crippen LogP contribution in [0, 0.1) is 12.8 Å². The minimum Gasteiger partial charge on any atom is -0.383 e. The zero-order valence-electron chi connectivity index (χ0n) is 9.46. The maximum Gasteiger partial charge on any atom is 0.131 e. The highest BCUT2D eigenvalue weighted by molar-refractivity contribution is 5.41. The van der Waals surface area contributed by atoms with E-state index in [4.69, 9.17) is 5.73 Å². The van der Waals surface area contributed by atoms with Gasteiger partial charge in [0.25, 0.3) is 0 Å². The first-order valence-electron chi connectivity index (χ1n) is 5.16. The summed E-state index contributed by atoms with van der Waals surface area (Å²) < 4.78 is 0. The number of hydrogen-bond donors (Lipinski definition) is 1. The third-order valence-electron chi connectivity index (χ3n) is 2.24. The average molecular weight is 193 g/mol. The van der Waals surface area contributed by atoms with Gasteiger partial charge in [-0.3, -0.25) is 0 Å². The standard InChI is InChI=1S/C11H19N3/c1-5-9-8(4)13-10(6-7(2)3)14-11(9)12/h7H,5-6H2,1-4H3,(H2,12,13,14). The third-order valence-corrected chi connectivity index (χ3v) is 2.24. The molecule has 0 atom stereocenters. The summed E-state index contributed by atoms with van der Waals surface area (Å²) in [6.07, 6.45) is 1.80. The molecule has 1 aromatic rings. The molecule has 3 nitrogen and oxygen atoms in total. The molecule has 0 saturated carbocycles. The molecule has 0 spiro atoms. The van der Waals surface area contributed by atoms with Crippen molar-refractivity contribution in [1.29, 1.82) is 0 Å². The zero-order valence-corrected chi connectivity index (χ0v) is 9.46. The topological polar surface area (TPSA) is 51.8 Å². The molecule has 14 heavy (non-hydrogen) atoms. The SMILES string of the molecule is CCc1c(C)nc(CC(C)C)nc1N. The van der Waals surface area contributed by atoms with Crippen LogP contribution in [0.5, 0.6) is 0 Å². The predicted octanol–water partition coefficient (Wildman–Crippen LogP) is 2.13. The van der Waals surface area contributed by atoms with Gasteiger partial charge >= 0.3 is 0 Å². The number of anilines is 1. The fourth-order valence-electron chi connectivity index (χ4n) is 1.57. The Morgan fingerprint density at radius 2 is 1.93 bits per heavy atom. The second-order valence-corrected chi connectivity index (χ2v) is 4.04. The van der Waals surface area contributed by atoms with Gasteiger partial charge in [0.15, 0.2) is 0 Å². The molecular weight excluding hydrogens is 174 g/mol. The van der Waals surface area contributed by atoms with Gasteiger partial charge in [-0.1, -0.05) is 20.8 Å². The Kier molecular flexibility index (Phi) is 3.44. The van der Waals surface area contributed by atoms with Gasteiger partial charge in [-0.05, 0) is 19.3 Å². The number of hydrogen-bond acceptors (Lipinski definition) is 3. The third kappa shape index (κ3) is 2.44. The van der Waals surface area contributed by atoms with E-state index in [1.165, 1.54) is 0 Å². The highest BCUT2D eigenvalue weighted by atomic mass is 15.0. The predicted molar refractivity (Wildman–Crippen MR) is 59.1 cm³/mol. The number of aryl methyl sites for hydroxylation is 1. The van der Waals surface area contributed by atoms with Gasteiger partial charge in [0.1, 0.15) is 11.6 Å². The molecule has 0 amide bonds. The Morgan fingerprint density at radius 3 is 2.36 bits per heavy atom. The molecule has 0 unspecified atom stereocenters. The molecule has 0 saturated heterocycles. The summed E-state index contributed by atoms with van der Waals surface area (Å²) >= 11 is 0. The van der Waals surface area contributed by atoms with Gasteiger partial charge < -0.3 is 5.73 Å². The van der Waals surface area contributed by atoms with Crippen LogP contribution in [0.1, 0.15) is 37.9 Å². The lowest BCUT2D eigenvalue weighted by Gasteiger charge is -2.09. The Hall–Kier alpha value is -1.12. The van der Waals surface area contributed by atoms with Crippen molar-refractivity contribution in [3.63, 3.8) is 0 Å². The number of nitrogen functional groups attached to an aromatic ring is 1. The summed E-state index contributed by atoms with van der Waals surface area (Å²) in [6, 6.07) is 0. The summed E-state index contributed by atoms with van der Waals surface area (Å²) in [4.78, 5) is 8.77. The highest BCUT2D eigenvalue weighted by Crippen LogP contribution is 2.14. The van der Waals surface area contributed by atoms with Crippen LogP contribution in [0.3, 0.4) is 0 Å². The van der Waals surface area contributed by atoms with Crippen molar-refractivity contribution in [2.75, 3.05) is 5.73 Å². The van der Waals surface area contributed by atoms with E-state index in [1.807, 2.05) is 6.92 Å². The molecule has 0 radical (unpaired) electrons. The van der Waals surface area contributed by atoms with Crippen LogP contribution in [0.2, 0.25) is 0 Å². The molecule has 0 aromatic carbocycles. The van der Waals surface area contributed by atoms with Crippen LogP contribution in [0.15, 0.2) is 0 Å². The average Bonchev–Trinajstić information content (AvgIpc) is 2.01. The number of rotatable bonds is 3. The molecular formula is C11H19N3. The van der Waals surface area contributed by atoms with Crippen LogP contribution in [-0.4, -0.2) is 9.97 Å². The van der Waals surface area contributed by atoms with Crippen molar-refractivity contribution in [3.05, 3.63) is 17.1 Å². The first-order chi connectivity index (χ1) is 6.54. The van der Waals surface area contributed by atoms with Gasteiger partial charge in [-0.25, -0.2) is 9.97 Å². The van der Waals surface area contributed by atoms with E-state index in [-0.39, 0.29) is 0 Å². The van der Waals surface area contributed by atoms with E-state index < -0.39 is 0 Å². The second-order valence-electron chi connectivity index (χ2n) is 4.04. The fraction of sp³-hybridized carbons (Fsp3) is 0.636. The lowest BCUT2D eigenvalue weighted by Crippen LogP contribution is -2.08. The van der Waals surface area contributed by atoms with Gasteiger partial charge in [-0.15, -0.1) is 0 Å². The lowest BCUT2D eigenvalue weighted by atomic mass is 10.1. The molecule has 0 bridgehead atoms. The van der Waals surface area contributed by atoms with Crippen molar-refractivity contribution >= 4 is 5.82 Å². The summed E-state index contributed by atoms with van der Waals surface area (Å²) in [6.45, 7) is 8.39. The molecule has 1 heterocycles. The normalized spacial score (nSPS) is 10.9.